The van der Waals surface area contributed by atoms with E-state index in [2.05, 4.69) is 45.2 Å². The Kier molecular flexibility index (Phi) is 8.50. The van der Waals surface area contributed by atoms with Crippen LogP contribution < -0.4 is 16.0 Å². The van der Waals surface area contributed by atoms with Crippen molar-refractivity contribution in [3.8, 4) is 0 Å². The van der Waals surface area contributed by atoms with Crippen molar-refractivity contribution in [2.45, 2.75) is 51.7 Å². The quantitative estimate of drug-likeness (QED) is 0.372. The van der Waals surface area contributed by atoms with E-state index in [1.54, 1.807) is 14.1 Å². The third-order valence-electron chi connectivity index (χ3n) is 4.64. The Morgan fingerprint density at radius 2 is 1.80 bits per heavy atom. The first-order chi connectivity index (χ1) is 14.1. The highest BCUT2D eigenvalue weighted by molar-refractivity contribution is 5.85. The van der Waals surface area contributed by atoms with Gasteiger partial charge in [-0.2, -0.15) is 0 Å². The van der Waals surface area contributed by atoms with Gasteiger partial charge in [-0.25, -0.2) is 9.79 Å². The van der Waals surface area contributed by atoms with Crippen LogP contribution in [0, 0.1) is 0 Å². The molecule has 0 heterocycles. The van der Waals surface area contributed by atoms with E-state index in [0.717, 1.165) is 19.3 Å². The summed E-state index contributed by atoms with van der Waals surface area (Å²) in [7, 11) is 3.42. The Bertz CT molecular complexity index is 755. The Labute approximate surface area is 179 Å². The Morgan fingerprint density at radius 1 is 1.13 bits per heavy atom. The number of benzene rings is 1. The maximum Gasteiger partial charge on any atom is 0.407 e. The number of rotatable bonds is 6. The van der Waals surface area contributed by atoms with E-state index in [-0.39, 0.29) is 18.5 Å². The van der Waals surface area contributed by atoms with E-state index in [1.807, 2.05) is 20.8 Å². The topological polar surface area (TPSA) is 95.1 Å². The molecule has 0 aromatic heterocycles. The van der Waals surface area contributed by atoms with Crippen LogP contribution >= 0.6 is 0 Å². The fraction of sp³-hybridized carbons (Fsp3) is 0.591. The number of amides is 2. The van der Waals surface area contributed by atoms with Crippen LogP contribution in [0.4, 0.5) is 4.79 Å². The molecule has 0 saturated heterocycles. The molecule has 1 atom stereocenters. The number of guanidine groups is 1. The number of hydrogen-bond donors (Lipinski definition) is 3. The summed E-state index contributed by atoms with van der Waals surface area (Å²) in [6, 6.07) is 8.71. The number of fused-ring (bicyclic) bond motifs is 1. The number of alkyl carbamates (subject to hydrolysis) is 1. The molecule has 0 saturated carbocycles. The molecule has 1 aliphatic carbocycles. The second-order valence-electron chi connectivity index (χ2n) is 8.66. The second kappa shape index (κ2) is 10.8. The molecule has 0 aliphatic heterocycles. The molecule has 0 fully saturated rings. The number of hydrogen-bond acceptors (Lipinski definition) is 4. The summed E-state index contributed by atoms with van der Waals surface area (Å²) in [5, 5.41) is 9.36. The molecule has 8 heteroatoms. The van der Waals surface area contributed by atoms with Crippen molar-refractivity contribution in [1.82, 2.24) is 20.9 Å². The Morgan fingerprint density at radius 3 is 2.47 bits per heavy atom. The van der Waals surface area contributed by atoms with E-state index >= 15 is 0 Å². The molecule has 30 heavy (non-hydrogen) atoms. The second-order valence-corrected chi connectivity index (χ2v) is 8.66. The molecule has 1 unspecified atom stereocenters. The van der Waals surface area contributed by atoms with E-state index in [4.69, 9.17) is 4.74 Å². The summed E-state index contributed by atoms with van der Waals surface area (Å²) in [4.78, 5) is 29.7. The highest BCUT2D eigenvalue weighted by atomic mass is 16.6. The zero-order valence-electron chi connectivity index (χ0n) is 18.7. The lowest BCUT2D eigenvalue weighted by Gasteiger charge is -2.27. The van der Waals surface area contributed by atoms with Gasteiger partial charge in [-0.05, 0) is 51.2 Å². The first-order valence-corrected chi connectivity index (χ1v) is 10.4. The van der Waals surface area contributed by atoms with Crippen LogP contribution in [0.1, 0.15) is 38.3 Å². The fourth-order valence-corrected chi connectivity index (χ4v) is 3.11. The van der Waals surface area contributed by atoms with Crippen LogP contribution in [-0.2, 0) is 22.4 Å². The molecular formula is C22H35N5O3. The number of likely N-dealkylation sites (N-methyl/N-ethyl adjacent to an activating group) is 1. The monoisotopic (exact) mass is 417 g/mol. The molecule has 1 aromatic rings. The molecule has 8 nitrogen and oxygen atoms in total. The summed E-state index contributed by atoms with van der Waals surface area (Å²) in [6.45, 7) is 6.37. The minimum absolute atomic E-state index is 0.0606. The summed E-state index contributed by atoms with van der Waals surface area (Å²) in [5.74, 6) is 0.498. The lowest BCUT2D eigenvalue weighted by Crippen LogP contribution is -2.48. The summed E-state index contributed by atoms with van der Waals surface area (Å²) >= 11 is 0. The van der Waals surface area contributed by atoms with Gasteiger partial charge in [0.2, 0.25) is 5.91 Å². The lowest BCUT2D eigenvalue weighted by molar-refractivity contribution is -0.127. The number of nitrogens with one attached hydrogen (secondary N) is 3. The van der Waals surface area contributed by atoms with E-state index in [0.29, 0.717) is 19.0 Å². The van der Waals surface area contributed by atoms with Gasteiger partial charge in [0.05, 0.1) is 0 Å². The van der Waals surface area contributed by atoms with Crippen LogP contribution in [0.3, 0.4) is 0 Å². The van der Waals surface area contributed by atoms with Gasteiger partial charge >= 0.3 is 6.09 Å². The van der Waals surface area contributed by atoms with Gasteiger partial charge in [-0.3, -0.25) is 4.79 Å². The van der Waals surface area contributed by atoms with Crippen molar-refractivity contribution in [2.75, 3.05) is 33.7 Å². The van der Waals surface area contributed by atoms with Gasteiger partial charge in [0.25, 0.3) is 0 Å². The predicted octanol–water partition coefficient (Wildman–Crippen LogP) is 1.69. The SMILES string of the molecule is CN(C)C(=O)CN=C(NCCNC(=O)OC(C)(C)C)NC1CCc2ccccc2C1. The average Bonchev–Trinajstić information content (AvgIpc) is 2.67. The van der Waals surface area contributed by atoms with Crippen molar-refractivity contribution in [2.24, 2.45) is 4.99 Å². The molecule has 0 spiro atoms. The molecular weight excluding hydrogens is 382 g/mol. The summed E-state index contributed by atoms with van der Waals surface area (Å²) in [5.41, 5.74) is 2.21. The first-order valence-electron chi connectivity index (χ1n) is 10.4. The highest BCUT2D eigenvalue weighted by Gasteiger charge is 2.19. The molecule has 1 aromatic carbocycles. The lowest BCUT2D eigenvalue weighted by atomic mass is 9.88. The maximum atomic E-state index is 11.9. The molecule has 0 bridgehead atoms. The normalized spacial score (nSPS) is 16.3. The number of aryl methyl sites for hydroxylation is 1. The molecule has 2 amide bonds. The Hall–Kier alpha value is -2.77. The molecule has 0 radical (unpaired) electrons. The summed E-state index contributed by atoms with van der Waals surface area (Å²) in [6.07, 6.45) is 2.46. The number of nitrogens with zero attached hydrogens (tertiary/aromatic N) is 2. The predicted molar refractivity (Wildman–Crippen MR) is 119 cm³/mol. The van der Waals surface area contributed by atoms with Crippen molar-refractivity contribution in [3.05, 3.63) is 35.4 Å². The summed E-state index contributed by atoms with van der Waals surface area (Å²) < 4.78 is 5.23. The number of ether oxygens (including phenoxy) is 1. The van der Waals surface area contributed by atoms with Gasteiger partial charge in [0.15, 0.2) is 5.96 Å². The van der Waals surface area contributed by atoms with Gasteiger partial charge in [-0.1, -0.05) is 24.3 Å². The fourth-order valence-electron chi connectivity index (χ4n) is 3.11. The zero-order valence-corrected chi connectivity index (χ0v) is 18.7. The molecule has 2 rings (SSSR count). The number of aliphatic imine (C=N–C) groups is 1. The number of carbonyl (C=O) groups is 2. The molecule has 166 valence electrons. The van der Waals surface area contributed by atoms with Crippen LogP contribution in [-0.4, -0.2) is 68.2 Å². The van der Waals surface area contributed by atoms with Crippen molar-refractivity contribution >= 4 is 18.0 Å². The molecule has 3 N–H and O–H groups in total. The zero-order chi connectivity index (χ0) is 22.1. The minimum atomic E-state index is -0.532. The maximum absolute atomic E-state index is 11.9. The third kappa shape index (κ3) is 8.31. The van der Waals surface area contributed by atoms with Gasteiger partial charge in [-0.15, -0.1) is 0 Å². The standard InChI is InChI=1S/C22H35N5O3/c1-22(2,3)30-21(29)24-13-12-23-20(25-15-19(28)27(4)5)26-18-11-10-16-8-6-7-9-17(16)14-18/h6-9,18H,10-15H2,1-5H3,(H,24,29)(H2,23,25,26). The highest BCUT2D eigenvalue weighted by Crippen LogP contribution is 2.20. The first kappa shape index (κ1) is 23.5. The van der Waals surface area contributed by atoms with E-state index in [9.17, 15) is 9.59 Å². The van der Waals surface area contributed by atoms with E-state index in [1.165, 1.54) is 16.0 Å². The smallest absolute Gasteiger partial charge is 0.407 e. The van der Waals surface area contributed by atoms with Gasteiger partial charge in [0.1, 0.15) is 12.1 Å². The van der Waals surface area contributed by atoms with Crippen LogP contribution in [0.15, 0.2) is 29.3 Å². The third-order valence-corrected chi connectivity index (χ3v) is 4.64. The van der Waals surface area contributed by atoms with E-state index < -0.39 is 11.7 Å². The van der Waals surface area contributed by atoms with Gasteiger partial charge < -0.3 is 25.6 Å². The molecule has 1 aliphatic rings. The largest absolute Gasteiger partial charge is 0.444 e. The number of carbonyl (C=O) groups excluding carboxylic acids is 2. The van der Waals surface area contributed by atoms with Crippen LogP contribution in [0.2, 0.25) is 0 Å². The van der Waals surface area contributed by atoms with Crippen molar-refractivity contribution < 1.29 is 14.3 Å². The Balaban J connectivity index is 1.90. The minimum Gasteiger partial charge on any atom is -0.444 e. The van der Waals surface area contributed by atoms with Gasteiger partial charge in [0, 0.05) is 33.2 Å². The van der Waals surface area contributed by atoms with Crippen molar-refractivity contribution in [1.29, 1.82) is 0 Å². The van der Waals surface area contributed by atoms with Crippen molar-refractivity contribution in [3.63, 3.8) is 0 Å². The van der Waals surface area contributed by atoms with Crippen LogP contribution in [0.5, 0.6) is 0 Å². The van der Waals surface area contributed by atoms with Crippen LogP contribution in [0.25, 0.3) is 0 Å². The average molecular weight is 418 g/mol.